The minimum absolute atomic E-state index is 0.0614. The molecular weight excluding hydrogens is 342 g/mol. The summed E-state index contributed by atoms with van der Waals surface area (Å²) in [6, 6.07) is 17.3. The Hall–Kier alpha value is -3.00. The molecule has 128 valence electrons. The van der Waals surface area contributed by atoms with E-state index >= 15 is 0 Å². The Labute approximate surface area is 144 Å². The molecular formula is C17H15N3O4S. The average molecular weight is 357 g/mol. The average Bonchev–Trinajstić information content (AvgIpc) is 3.09. The Morgan fingerprint density at radius 2 is 1.64 bits per heavy atom. The molecule has 1 amide bonds. The summed E-state index contributed by atoms with van der Waals surface area (Å²) < 4.78 is 29.4. The second kappa shape index (κ2) is 7.27. The number of rotatable bonds is 6. The first-order valence-corrected chi connectivity index (χ1v) is 9.12. The SMILES string of the molecule is O=C(NCc1ccccc1)c1nc(CS(=O)(=O)c2ccccc2)no1. The van der Waals surface area contributed by atoms with Crippen LogP contribution in [-0.2, 0) is 22.1 Å². The quantitative estimate of drug-likeness (QED) is 0.724. The van der Waals surface area contributed by atoms with Crippen molar-refractivity contribution in [1.82, 2.24) is 15.5 Å². The highest BCUT2D eigenvalue weighted by atomic mass is 32.2. The molecule has 0 atom stereocenters. The minimum atomic E-state index is -3.60. The Balaban J connectivity index is 1.65. The van der Waals surface area contributed by atoms with Gasteiger partial charge in [-0.05, 0) is 17.7 Å². The van der Waals surface area contributed by atoms with E-state index in [2.05, 4.69) is 15.5 Å². The molecule has 0 fully saturated rings. The highest BCUT2D eigenvalue weighted by Gasteiger charge is 2.21. The third-order valence-electron chi connectivity index (χ3n) is 3.38. The molecule has 2 aromatic carbocycles. The number of hydrogen-bond donors (Lipinski definition) is 1. The number of benzene rings is 2. The van der Waals surface area contributed by atoms with E-state index in [1.54, 1.807) is 18.2 Å². The molecule has 0 unspecified atom stereocenters. The molecule has 7 nitrogen and oxygen atoms in total. The Morgan fingerprint density at radius 1 is 1.00 bits per heavy atom. The van der Waals surface area contributed by atoms with Crippen molar-refractivity contribution in [2.24, 2.45) is 0 Å². The highest BCUT2D eigenvalue weighted by Crippen LogP contribution is 2.14. The van der Waals surface area contributed by atoms with Gasteiger partial charge in [0.15, 0.2) is 15.7 Å². The predicted molar refractivity (Wildman–Crippen MR) is 89.2 cm³/mol. The van der Waals surface area contributed by atoms with E-state index in [1.165, 1.54) is 12.1 Å². The molecule has 0 aliphatic rings. The minimum Gasteiger partial charge on any atom is -0.344 e. The van der Waals surface area contributed by atoms with Gasteiger partial charge >= 0.3 is 11.8 Å². The highest BCUT2D eigenvalue weighted by molar-refractivity contribution is 7.90. The molecule has 0 spiro atoms. The van der Waals surface area contributed by atoms with E-state index in [0.717, 1.165) is 5.56 Å². The zero-order chi connectivity index (χ0) is 17.7. The summed E-state index contributed by atoms with van der Waals surface area (Å²) in [5.74, 6) is -1.32. The summed E-state index contributed by atoms with van der Waals surface area (Å²) in [4.78, 5) is 16.0. The standard InChI is InChI=1S/C17H15N3O4S/c21-16(18-11-13-7-3-1-4-8-13)17-19-15(20-24-17)12-25(22,23)14-9-5-2-6-10-14/h1-10H,11-12H2,(H,18,21). The first-order valence-electron chi connectivity index (χ1n) is 7.47. The molecule has 0 aliphatic carbocycles. The maximum atomic E-state index is 12.3. The van der Waals surface area contributed by atoms with Crippen molar-refractivity contribution in [3.63, 3.8) is 0 Å². The van der Waals surface area contributed by atoms with Gasteiger partial charge in [-0.3, -0.25) is 4.79 Å². The van der Waals surface area contributed by atoms with Crippen LogP contribution < -0.4 is 5.32 Å². The van der Waals surface area contributed by atoms with Crippen LogP contribution in [-0.4, -0.2) is 24.5 Å². The normalized spacial score (nSPS) is 11.2. The number of carbonyl (C=O) groups excluding carboxylic acids is 1. The van der Waals surface area contributed by atoms with Gasteiger partial charge in [-0.1, -0.05) is 53.7 Å². The van der Waals surface area contributed by atoms with E-state index in [0.29, 0.717) is 6.54 Å². The summed E-state index contributed by atoms with van der Waals surface area (Å²) in [6.07, 6.45) is 0. The van der Waals surface area contributed by atoms with Gasteiger partial charge in [-0.15, -0.1) is 0 Å². The number of nitrogens with zero attached hydrogens (tertiary/aromatic N) is 2. The fraction of sp³-hybridized carbons (Fsp3) is 0.118. The molecule has 25 heavy (non-hydrogen) atoms. The van der Waals surface area contributed by atoms with Crippen LogP contribution in [0.5, 0.6) is 0 Å². The summed E-state index contributed by atoms with van der Waals surface area (Å²) in [6.45, 7) is 0.305. The second-order valence-electron chi connectivity index (χ2n) is 5.26. The molecule has 0 bridgehead atoms. The lowest BCUT2D eigenvalue weighted by atomic mass is 10.2. The summed E-state index contributed by atoms with van der Waals surface area (Å²) >= 11 is 0. The van der Waals surface area contributed by atoms with Gasteiger partial charge in [-0.25, -0.2) is 8.42 Å². The topological polar surface area (TPSA) is 102 Å². The van der Waals surface area contributed by atoms with Crippen LogP contribution in [0.15, 0.2) is 70.1 Å². The van der Waals surface area contributed by atoms with Crippen molar-refractivity contribution in [2.45, 2.75) is 17.2 Å². The fourth-order valence-corrected chi connectivity index (χ4v) is 3.34. The van der Waals surface area contributed by atoms with Crippen LogP contribution in [0.4, 0.5) is 0 Å². The number of sulfone groups is 1. The summed E-state index contributed by atoms with van der Waals surface area (Å²) in [5, 5.41) is 6.22. The van der Waals surface area contributed by atoms with Crippen LogP contribution in [0.25, 0.3) is 0 Å². The van der Waals surface area contributed by atoms with E-state index in [4.69, 9.17) is 4.52 Å². The monoisotopic (exact) mass is 357 g/mol. The largest absolute Gasteiger partial charge is 0.344 e. The molecule has 1 aromatic heterocycles. The number of carbonyl (C=O) groups is 1. The van der Waals surface area contributed by atoms with Crippen LogP contribution in [0.1, 0.15) is 22.1 Å². The number of aromatic nitrogens is 2. The smallest absolute Gasteiger partial charge is 0.315 e. The van der Waals surface area contributed by atoms with Crippen molar-refractivity contribution in [2.75, 3.05) is 0 Å². The van der Waals surface area contributed by atoms with Gasteiger partial charge in [0, 0.05) is 6.54 Å². The van der Waals surface area contributed by atoms with Gasteiger partial charge < -0.3 is 9.84 Å². The third-order valence-corrected chi connectivity index (χ3v) is 5.01. The Morgan fingerprint density at radius 3 is 2.32 bits per heavy atom. The molecule has 8 heteroatoms. The van der Waals surface area contributed by atoms with Gasteiger partial charge in [0.2, 0.25) is 0 Å². The van der Waals surface area contributed by atoms with Crippen LogP contribution in [0.2, 0.25) is 0 Å². The first kappa shape index (κ1) is 16.8. The summed E-state index contributed by atoms with van der Waals surface area (Å²) in [7, 11) is -3.60. The van der Waals surface area contributed by atoms with Crippen LogP contribution in [0.3, 0.4) is 0 Å². The Bertz CT molecular complexity index is 954. The maximum absolute atomic E-state index is 12.3. The van der Waals surface area contributed by atoms with Crippen molar-refractivity contribution in [1.29, 1.82) is 0 Å². The number of amides is 1. The fourth-order valence-electron chi connectivity index (χ4n) is 2.14. The van der Waals surface area contributed by atoms with Crippen LogP contribution in [0, 0.1) is 0 Å². The second-order valence-corrected chi connectivity index (χ2v) is 7.25. The van der Waals surface area contributed by atoms with E-state index < -0.39 is 21.5 Å². The van der Waals surface area contributed by atoms with Crippen molar-refractivity contribution < 1.29 is 17.7 Å². The predicted octanol–water partition coefficient (Wildman–Crippen LogP) is 1.97. The molecule has 3 aromatic rings. The van der Waals surface area contributed by atoms with Gasteiger partial charge in [0.1, 0.15) is 5.75 Å². The van der Waals surface area contributed by atoms with Crippen molar-refractivity contribution in [3.05, 3.63) is 77.9 Å². The number of nitrogens with one attached hydrogen (secondary N) is 1. The molecule has 0 saturated carbocycles. The molecule has 0 saturated heterocycles. The molecule has 1 N–H and O–H groups in total. The number of hydrogen-bond acceptors (Lipinski definition) is 6. The summed E-state index contributed by atoms with van der Waals surface area (Å²) in [5.41, 5.74) is 0.919. The first-order chi connectivity index (χ1) is 12.0. The van der Waals surface area contributed by atoms with Crippen LogP contribution >= 0.6 is 0 Å². The lowest BCUT2D eigenvalue weighted by molar-refractivity contribution is 0.0907. The van der Waals surface area contributed by atoms with Crippen molar-refractivity contribution >= 4 is 15.7 Å². The van der Waals surface area contributed by atoms with E-state index in [1.807, 2.05) is 30.3 Å². The van der Waals surface area contributed by atoms with Gasteiger partial charge in [0.25, 0.3) is 0 Å². The maximum Gasteiger partial charge on any atom is 0.315 e. The lowest BCUT2D eigenvalue weighted by Gasteiger charge is -2.01. The lowest BCUT2D eigenvalue weighted by Crippen LogP contribution is -2.23. The van der Waals surface area contributed by atoms with E-state index in [9.17, 15) is 13.2 Å². The van der Waals surface area contributed by atoms with Gasteiger partial charge in [0.05, 0.1) is 4.90 Å². The third kappa shape index (κ3) is 4.30. The van der Waals surface area contributed by atoms with Gasteiger partial charge in [-0.2, -0.15) is 4.98 Å². The van der Waals surface area contributed by atoms with Crippen molar-refractivity contribution in [3.8, 4) is 0 Å². The zero-order valence-electron chi connectivity index (χ0n) is 13.1. The molecule has 3 rings (SSSR count). The molecule has 1 heterocycles. The zero-order valence-corrected chi connectivity index (χ0v) is 13.9. The molecule has 0 radical (unpaired) electrons. The van der Waals surface area contributed by atoms with E-state index in [-0.39, 0.29) is 16.6 Å². The Kier molecular flexibility index (Phi) is 4.90. The molecule has 0 aliphatic heterocycles.